The van der Waals surface area contributed by atoms with Crippen LogP contribution in [0.2, 0.25) is 5.02 Å². The van der Waals surface area contributed by atoms with Crippen molar-refractivity contribution < 1.29 is 19.5 Å². The van der Waals surface area contributed by atoms with Crippen molar-refractivity contribution in [2.45, 2.75) is 12.5 Å². The summed E-state index contributed by atoms with van der Waals surface area (Å²) >= 11 is 6.14. The van der Waals surface area contributed by atoms with Gasteiger partial charge in [-0.25, -0.2) is 4.79 Å². The predicted octanol–water partition coefficient (Wildman–Crippen LogP) is 3.79. The molecule has 1 aromatic heterocycles. The van der Waals surface area contributed by atoms with Gasteiger partial charge in [0.05, 0.1) is 5.69 Å². The molecule has 38 heavy (non-hydrogen) atoms. The van der Waals surface area contributed by atoms with Crippen LogP contribution < -0.4 is 16.0 Å². The predicted molar refractivity (Wildman–Crippen MR) is 142 cm³/mol. The molecule has 3 amide bonds. The molecule has 4 rings (SSSR count). The Hall–Kier alpha value is -5.03. The maximum Gasteiger partial charge on any atom is 0.409 e. The van der Waals surface area contributed by atoms with Gasteiger partial charge in [0.1, 0.15) is 12.4 Å². The molecule has 0 aliphatic heterocycles. The van der Waals surface area contributed by atoms with E-state index in [1.165, 1.54) is 29.2 Å². The lowest BCUT2D eigenvalue weighted by atomic mass is 10.0. The Balaban J connectivity index is 1.50. The van der Waals surface area contributed by atoms with E-state index in [9.17, 15) is 14.4 Å². The Bertz CT molecular complexity index is 1440. The normalized spacial score (nSPS) is 11.6. The number of carboxylic acid groups (broad SMARTS) is 1. The minimum Gasteiger partial charge on any atom is -0.465 e. The van der Waals surface area contributed by atoms with Crippen LogP contribution in [0.4, 0.5) is 16.2 Å². The Morgan fingerprint density at radius 2 is 1.68 bits per heavy atom. The molecular weight excluding hydrogens is 510 g/mol. The average molecular weight is 532 g/mol. The summed E-state index contributed by atoms with van der Waals surface area (Å²) in [5, 5.41) is 28.2. The highest BCUT2D eigenvalue weighted by atomic mass is 35.5. The van der Waals surface area contributed by atoms with E-state index in [0.717, 1.165) is 5.56 Å². The van der Waals surface area contributed by atoms with Gasteiger partial charge in [0.15, 0.2) is 0 Å². The van der Waals surface area contributed by atoms with Gasteiger partial charge < -0.3 is 15.7 Å². The maximum atomic E-state index is 13.1. The van der Waals surface area contributed by atoms with Gasteiger partial charge in [-0.1, -0.05) is 41.9 Å². The van der Waals surface area contributed by atoms with Gasteiger partial charge in [-0.2, -0.15) is 4.68 Å². The van der Waals surface area contributed by atoms with Crippen LogP contribution in [0.25, 0.3) is 11.8 Å². The lowest BCUT2D eigenvalue weighted by Crippen LogP contribution is -2.44. The summed E-state index contributed by atoms with van der Waals surface area (Å²) < 4.78 is 1.44. The molecule has 11 nitrogen and oxygen atoms in total. The van der Waals surface area contributed by atoms with Gasteiger partial charge in [0.2, 0.25) is 11.8 Å². The van der Waals surface area contributed by atoms with Crippen molar-refractivity contribution in [3.05, 3.63) is 101 Å². The van der Waals surface area contributed by atoms with Gasteiger partial charge >= 0.3 is 6.09 Å². The SMILES string of the molecule is O=C(O)Nc1ccc(NC(=O)[C@H](Cc2ccccc2)NC(=O)C=Cc2cc(Cl)ccc2-n2cnnn2)cc1. The Morgan fingerprint density at radius 1 is 0.974 bits per heavy atom. The summed E-state index contributed by atoms with van der Waals surface area (Å²) in [5.74, 6) is -0.934. The van der Waals surface area contributed by atoms with E-state index in [1.807, 2.05) is 30.3 Å². The van der Waals surface area contributed by atoms with Gasteiger partial charge in [0.25, 0.3) is 0 Å². The van der Waals surface area contributed by atoms with Crippen molar-refractivity contribution >= 4 is 47.0 Å². The fraction of sp³-hybridized carbons (Fsp3) is 0.0769. The Labute approximate surface area is 222 Å². The second-order valence-electron chi connectivity index (χ2n) is 8.04. The van der Waals surface area contributed by atoms with Crippen LogP contribution in [0.5, 0.6) is 0 Å². The van der Waals surface area contributed by atoms with E-state index in [0.29, 0.717) is 27.6 Å². The maximum absolute atomic E-state index is 13.1. The molecular formula is C26H22ClN7O4. The number of amides is 3. The van der Waals surface area contributed by atoms with Crippen LogP contribution in [-0.2, 0) is 16.0 Å². The van der Waals surface area contributed by atoms with Crippen LogP contribution in [0.15, 0.2) is 85.2 Å². The molecule has 4 N–H and O–H groups in total. The molecule has 0 radical (unpaired) electrons. The largest absolute Gasteiger partial charge is 0.465 e. The summed E-state index contributed by atoms with van der Waals surface area (Å²) in [6.07, 6.45) is 3.34. The zero-order valence-corrected chi connectivity index (χ0v) is 20.5. The minimum atomic E-state index is -1.19. The first-order chi connectivity index (χ1) is 18.4. The molecule has 0 bridgehead atoms. The number of anilines is 2. The van der Waals surface area contributed by atoms with Crippen LogP contribution in [0, 0.1) is 0 Å². The number of benzene rings is 3. The molecule has 1 heterocycles. The number of rotatable bonds is 9. The van der Waals surface area contributed by atoms with Gasteiger partial charge in [-0.05, 0) is 64.5 Å². The van der Waals surface area contributed by atoms with E-state index < -0.39 is 23.9 Å². The Morgan fingerprint density at radius 3 is 2.34 bits per heavy atom. The molecule has 0 aliphatic carbocycles. The highest BCUT2D eigenvalue weighted by Crippen LogP contribution is 2.20. The Kier molecular flexibility index (Phi) is 8.42. The molecule has 0 saturated carbocycles. The van der Waals surface area contributed by atoms with E-state index in [-0.39, 0.29) is 6.42 Å². The molecule has 0 saturated heterocycles. The fourth-order valence-electron chi connectivity index (χ4n) is 3.57. The van der Waals surface area contributed by atoms with Crippen molar-refractivity contribution in [2.75, 3.05) is 10.6 Å². The number of halogens is 1. The van der Waals surface area contributed by atoms with Crippen molar-refractivity contribution in [1.82, 2.24) is 25.5 Å². The summed E-state index contributed by atoms with van der Waals surface area (Å²) in [7, 11) is 0. The first-order valence-corrected chi connectivity index (χ1v) is 11.7. The van der Waals surface area contributed by atoms with E-state index in [1.54, 1.807) is 36.4 Å². The zero-order valence-electron chi connectivity index (χ0n) is 19.8. The van der Waals surface area contributed by atoms with Crippen LogP contribution in [-0.4, -0.2) is 49.3 Å². The number of carbonyl (C=O) groups excluding carboxylic acids is 2. The van der Waals surface area contributed by atoms with E-state index in [4.69, 9.17) is 16.7 Å². The quantitative estimate of drug-likeness (QED) is 0.240. The van der Waals surface area contributed by atoms with E-state index >= 15 is 0 Å². The first kappa shape index (κ1) is 26.0. The molecule has 4 aromatic rings. The number of nitrogens with one attached hydrogen (secondary N) is 3. The second kappa shape index (κ2) is 12.3. The fourth-order valence-corrected chi connectivity index (χ4v) is 3.75. The zero-order chi connectivity index (χ0) is 26.9. The third-order valence-electron chi connectivity index (χ3n) is 5.32. The molecule has 0 spiro atoms. The highest BCUT2D eigenvalue weighted by molar-refractivity contribution is 6.30. The number of hydrogen-bond donors (Lipinski definition) is 4. The summed E-state index contributed by atoms with van der Waals surface area (Å²) in [5.41, 5.74) is 2.87. The summed E-state index contributed by atoms with van der Waals surface area (Å²) in [6, 6.07) is 19.6. The van der Waals surface area contributed by atoms with Gasteiger partial charge in [-0.15, -0.1) is 5.10 Å². The minimum absolute atomic E-state index is 0.248. The lowest BCUT2D eigenvalue weighted by molar-refractivity contribution is -0.123. The van der Waals surface area contributed by atoms with Gasteiger partial charge in [-0.3, -0.25) is 14.9 Å². The first-order valence-electron chi connectivity index (χ1n) is 11.3. The highest BCUT2D eigenvalue weighted by Gasteiger charge is 2.21. The molecule has 0 fully saturated rings. The molecule has 0 unspecified atom stereocenters. The third kappa shape index (κ3) is 7.24. The van der Waals surface area contributed by atoms with Crippen molar-refractivity contribution in [2.24, 2.45) is 0 Å². The molecule has 12 heteroatoms. The molecule has 192 valence electrons. The van der Waals surface area contributed by atoms with Crippen LogP contribution >= 0.6 is 11.6 Å². The molecule has 0 aliphatic rings. The van der Waals surface area contributed by atoms with Crippen molar-refractivity contribution in [1.29, 1.82) is 0 Å². The van der Waals surface area contributed by atoms with Crippen molar-refractivity contribution in [3.63, 3.8) is 0 Å². The summed E-state index contributed by atoms with van der Waals surface area (Å²) in [4.78, 5) is 36.8. The number of hydrogen-bond acceptors (Lipinski definition) is 6. The van der Waals surface area contributed by atoms with Crippen LogP contribution in [0.1, 0.15) is 11.1 Å². The number of carbonyl (C=O) groups is 3. The van der Waals surface area contributed by atoms with Crippen molar-refractivity contribution in [3.8, 4) is 5.69 Å². The lowest BCUT2D eigenvalue weighted by Gasteiger charge is -2.18. The monoisotopic (exact) mass is 531 g/mol. The van der Waals surface area contributed by atoms with Crippen LogP contribution in [0.3, 0.4) is 0 Å². The smallest absolute Gasteiger partial charge is 0.409 e. The number of nitrogens with zero attached hydrogens (tertiary/aromatic N) is 4. The molecule has 3 aromatic carbocycles. The number of tetrazole rings is 1. The number of aromatic nitrogens is 4. The topological polar surface area (TPSA) is 151 Å². The average Bonchev–Trinajstić information content (AvgIpc) is 3.43. The van der Waals surface area contributed by atoms with Gasteiger partial charge in [0, 0.05) is 34.5 Å². The second-order valence-corrected chi connectivity index (χ2v) is 8.47. The third-order valence-corrected chi connectivity index (χ3v) is 5.55. The summed E-state index contributed by atoms with van der Waals surface area (Å²) in [6.45, 7) is 0. The van der Waals surface area contributed by atoms with E-state index in [2.05, 4.69) is 31.5 Å². The molecule has 1 atom stereocenters. The standard InChI is InChI=1S/C26H22ClN7O4/c27-19-7-12-23(34-16-28-32-33-34)18(15-19)6-13-24(35)31-22(14-17-4-2-1-3-5-17)25(36)29-20-8-10-21(11-9-20)30-26(37)38/h1-13,15-16,22,30H,14H2,(H,29,36)(H,31,35)(H,37,38)/t22-/m0/s1.